The summed E-state index contributed by atoms with van der Waals surface area (Å²) in [5, 5.41) is 3.20. The van der Waals surface area contributed by atoms with Gasteiger partial charge in [0.1, 0.15) is 11.8 Å². The van der Waals surface area contributed by atoms with Gasteiger partial charge in [-0.15, -0.1) is 0 Å². The number of anilines is 1. The average molecular weight is 558 g/mol. The van der Waals surface area contributed by atoms with Crippen LogP contribution in [0.2, 0.25) is 0 Å². The van der Waals surface area contributed by atoms with Crippen LogP contribution in [0.15, 0.2) is 48.5 Å². The molecule has 0 bridgehead atoms. The number of carbonyl (C=O) groups excluding carboxylic acids is 2. The van der Waals surface area contributed by atoms with Gasteiger partial charge in [0.2, 0.25) is 21.8 Å². The average Bonchev–Trinajstić information content (AvgIpc) is 2.92. The molecular formula is C30H43N3O5S. The first kappa shape index (κ1) is 30.5. The predicted octanol–water partition coefficient (Wildman–Crippen LogP) is 4.81. The highest BCUT2D eigenvalue weighted by Crippen LogP contribution is 2.23. The summed E-state index contributed by atoms with van der Waals surface area (Å²) in [4.78, 5) is 28.8. The molecule has 2 amide bonds. The number of carbonyl (C=O) groups is 2. The van der Waals surface area contributed by atoms with Crippen molar-refractivity contribution in [2.24, 2.45) is 0 Å². The summed E-state index contributed by atoms with van der Waals surface area (Å²) in [7, 11) is -2.01. The van der Waals surface area contributed by atoms with Crippen molar-refractivity contribution in [1.29, 1.82) is 0 Å². The lowest BCUT2D eigenvalue weighted by atomic mass is 9.95. The van der Waals surface area contributed by atoms with Gasteiger partial charge in [0.25, 0.3) is 0 Å². The van der Waals surface area contributed by atoms with Gasteiger partial charge in [-0.05, 0) is 68.0 Å². The minimum atomic E-state index is -3.56. The van der Waals surface area contributed by atoms with Crippen molar-refractivity contribution in [1.82, 2.24) is 10.2 Å². The van der Waals surface area contributed by atoms with E-state index in [1.165, 1.54) is 10.7 Å². The predicted molar refractivity (Wildman–Crippen MR) is 155 cm³/mol. The molecule has 1 saturated carbocycles. The second-order valence-corrected chi connectivity index (χ2v) is 12.3. The van der Waals surface area contributed by atoms with Crippen LogP contribution in [0.5, 0.6) is 5.75 Å². The maximum Gasteiger partial charge on any atom is 0.243 e. The fourth-order valence-corrected chi connectivity index (χ4v) is 6.15. The number of rotatable bonds is 13. The molecule has 0 aromatic heterocycles. The highest BCUT2D eigenvalue weighted by Gasteiger charge is 2.30. The SMILES string of the molecule is CC[C@@H](C(=O)NC1CCCCC1)N(Cc1ccccc1C)C(=O)CCCN(c1ccc(OC)cc1)S(C)(=O)=O. The number of amides is 2. The van der Waals surface area contributed by atoms with Crippen LogP contribution in [0.3, 0.4) is 0 Å². The molecule has 0 spiro atoms. The third-order valence-corrected chi connectivity index (χ3v) is 8.65. The smallest absolute Gasteiger partial charge is 0.243 e. The topological polar surface area (TPSA) is 96.0 Å². The van der Waals surface area contributed by atoms with Crippen LogP contribution >= 0.6 is 0 Å². The van der Waals surface area contributed by atoms with Crippen LogP contribution in [0.1, 0.15) is 69.4 Å². The van der Waals surface area contributed by atoms with E-state index in [0.29, 0.717) is 30.8 Å². The highest BCUT2D eigenvalue weighted by molar-refractivity contribution is 7.92. The maximum absolute atomic E-state index is 13.7. The van der Waals surface area contributed by atoms with E-state index >= 15 is 0 Å². The number of aryl methyl sites for hydroxylation is 1. The van der Waals surface area contributed by atoms with Crippen LogP contribution in [0.25, 0.3) is 0 Å². The van der Waals surface area contributed by atoms with Gasteiger partial charge in [0.15, 0.2) is 0 Å². The van der Waals surface area contributed by atoms with E-state index in [1.54, 1.807) is 36.3 Å². The van der Waals surface area contributed by atoms with Crippen molar-refractivity contribution in [3.63, 3.8) is 0 Å². The molecule has 214 valence electrons. The largest absolute Gasteiger partial charge is 0.497 e. The second-order valence-electron chi connectivity index (χ2n) is 10.4. The van der Waals surface area contributed by atoms with Crippen LogP contribution < -0.4 is 14.4 Å². The van der Waals surface area contributed by atoms with Gasteiger partial charge < -0.3 is 15.0 Å². The zero-order valence-electron chi connectivity index (χ0n) is 23.7. The summed E-state index contributed by atoms with van der Waals surface area (Å²) in [6.07, 6.45) is 7.47. The van der Waals surface area contributed by atoms with E-state index in [0.717, 1.165) is 43.1 Å². The van der Waals surface area contributed by atoms with Gasteiger partial charge in [-0.1, -0.05) is 50.5 Å². The molecule has 2 aromatic rings. The van der Waals surface area contributed by atoms with Gasteiger partial charge in [0, 0.05) is 25.6 Å². The summed E-state index contributed by atoms with van der Waals surface area (Å²) in [6, 6.07) is 14.2. The van der Waals surface area contributed by atoms with E-state index in [-0.39, 0.29) is 30.8 Å². The summed E-state index contributed by atoms with van der Waals surface area (Å²) in [6.45, 7) is 4.41. The molecule has 1 aliphatic carbocycles. The summed E-state index contributed by atoms with van der Waals surface area (Å²) in [5.41, 5.74) is 2.56. The van der Waals surface area contributed by atoms with Crippen molar-refractivity contribution in [2.75, 3.05) is 24.2 Å². The first-order valence-electron chi connectivity index (χ1n) is 13.9. The Labute approximate surface area is 233 Å². The Bertz CT molecular complexity index is 1190. The van der Waals surface area contributed by atoms with Gasteiger partial charge in [-0.2, -0.15) is 0 Å². The number of sulfonamides is 1. The summed E-state index contributed by atoms with van der Waals surface area (Å²) >= 11 is 0. The first-order chi connectivity index (χ1) is 18.6. The molecule has 1 aliphatic rings. The van der Waals surface area contributed by atoms with Crippen molar-refractivity contribution in [2.45, 2.75) is 83.8 Å². The number of nitrogens with zero attached hydrogens (tertiary/aromatic N) is 2. The lowest BCUT2D eigenvalue weighted by Crippen LogP contribution is -2.51. The number of nitrogens with one attached hydrogen (secondary N) is 1. The van der Waals surface area contributed by atoms with Crippen LogP contribution in [0.4, 0.5) is 5.69 Å². The van der Waals surface area contributed by atoms with Crippen molar-refractivity contribution in [3.8, 4) is 5.75 Å². The Balaban J connectivity index is 1.75. The lowest BCUT2D eigenvalue weighted by Gasteiger charge is -2.33. The third kappa shape index (κ3) is 8.71. The molecular weight excluding hydrogens is 514 g/mol. The molecule has 3 rings (SSSR count). The maximum atomic E-state index is 13.7. The minimum absolute atomic E-state index is 0.109. The quantitative estimate of drug-likeness (QED) is 0.382. The zero-order valence-corrected chi connectivity index (χ0v) is 24.5. The first-order valence-corrected chi connectivity index (χ1v) is 15.7. The Morgan fingerprint density at radius 2 is 1.72 bits per heavy atom. The summed E-state index contributed by atoms with van der Waals surface area (Å²) in [5.74, 6) is 0.362. The summed E-state index contributed by atoms with van der Waals surface area (Å²) < 4.78 is 31.6. The van der Waals surface area contributed by atoms with Crippen molar-refractivity contribution in [3.05, 3.63) is 59.7 Å². The molecule has 0 aliphatic heterocycles. The van der Waals surface area contributed by atoms with Crippen molar-refractivity contribution >= 4 is 27.5 Å². The van der Waals surface area contributed by atoms with Crippen LogP contribution in [0, 0.1) is 6.92 Å². The van der Waals surface area contributed by atoms with E-state index in [2.05, 4.69) is 5.32 Å². The molecule has 9 heteroatoms. The number of hydrogen-bond donors (Lipinski definition) is 1. The molecule has 1 N–H and O–H groups in total. The molecule has 1 atom stereocenters. The normalized spacial score (nSPS) is 14.9. The zero-order chi connectivity index (χ0) is 28.4. The fourth-order valence-electron chi connectivity index (χ4n) is 5.19. The van der Waals surface area contributed by atoms with E-state index in [1.807, 2.05) is 38.1 Å². The van der Waals surface area contributed by atoms with Crippen LogP contribution in [-0.4, -0.2) is 57.1 Å². The molecule has 39 heavy (non-hydrogen) atoms. The van der Waals surface area contributed by atoms with E-state index in [9.17, 15) is 18.0 Å². The van der Waals surface area contributed by atoms with Crippen LogP contribution in [-0.2, 0) is 26.2 Å². The number of methoxy groups -OCH3 is 1. The molecule has 0 radical (unpaired) electrons. The molecule has 2 aromatic carbocycles. The molecule has 8 nitrogen and oxygen atoms in total. The van der Waals surface area contributed by atoms with Gasteiger partial charge in [-0.3, -0.25) is 13.9 Å². The lowest BCUT2D eigenvalue weighted by molar-refractivity contribution is -0.141. The van der Waals surface area contributed by atoms with Gasteiger partial charge in [0.05, 0.1) is 19.1 Å². The number of ether oxygens (including phenoxy) is 1. The number of hydrogen-bond acceptors (Lipinski definition) is 5. The van der Waals surface area contributed by atoms with E-state index < -0.39 is 16.1 Å². The monoisotopic (exact) mass is 557 g/mol. The van der Waals surface area contributed by atoms with Crippen molar-refractivity contribution < 1.29 is 22.7 Å². The highest BCUT2D eigenvalue weighted by atomic mass is 32.2. The molecule has 0 saturated heterocycles. The molecule has 0 unspecified atom stereocenters. The Kier molecular flexibility index (Phi) is 11.2. The number of benzene rings is 2. The Morgan fingerprint density at radius 1 is 1.05 bits per heavy atom. The van der Waals surface area contributed by atoms with Gasteiger partial charge >= 0.3 is 0 Å². The molecule has 0 heterocycles. The Hall–Kier alpha value is -3.07. The standard InChI is InChI=1S/C30H43N3O5S/c1-5-28(30(35)31-25-14-7-6-8-15-25)32(22-24-13-10-9-12-23(24)2)29(34)16-11-21-33(39(4,36)37)26-17-19-27(38-3)20-18-26/h9-10,12-13,17-20,25,28H,5-8,11,14-16,21-22H2,1-4H3,(H,31,35)/t28-/m0/s1. The fraction of sp³-hybridized carbons (Fsp3) is 0.533. The third-order valence-electron chi connectivity index (χ3n) is 7.45. The van der Waals surface area contributed by atoms with Gasteiger partial charge in [-0.25, -0.2) is 8.42 Å². The Morgan fingerprint density at radius 3 is 2.31 bits per heavy atom. The molecule has 1 fully saturated rings. The minimum Gasteiger partial charge on any atom is -0.497 e. The van der Waals surface area contributed by atoms with E-state index in [4.69, 9.17) is 4.74 Å². The second kappa shape index (κ2) is 14.4.